The van der Waals surface area contributed by atoms with Crippen LogP contribution in [0.2, 0.25) is 0 Å². The molecule has 2 aliphatic rings. The predicted octanol–water partition coefficient (Wildman–Crippen LogP) is 0.0189. The zero-order valence-corrected chi connectivity index (χ0v) is 11.2. The van der Waals surface area contributed by atoms with Crippen molar-refractivity contribution in [2.24, 2.45) is 5.92 Å². The van der Waals surface area contributed by atoms with Crippen LogP contribution in [0.1, 0.15) is 19.8 Å². The minimum atomic E-state index is 0.251. The van der Waals surface area contributed by atoms with Crippen LogP contribution in [0, 0.1) is 5.92 Å². The van der Waals surface area contributed by atoms with Crippen molar-refractivity contribution < 1.29 is 9.59 Å². The third kappa shape index (κ3) is 3.45. The molecule has 2 fully saturated rings. The molecule has 0 aromatic heterocycles. The lowest BCUT2D eigenvalue weighted by Crippen LogP contribution is -2.50. The van der Waals surface area contributed by atoms with Gasteiger partial charge in [-0.2, -0.15) is 0 Å². The average molecular weight is 253 g/mol. The Kier molecular flexibility index (Phi) is 4.58. The van der Waals surface area contributed by atoms with E-state index >= 15 is 0 Å². The quantitative estimate of drug-likeness (QED) is 0.666. The number of carbonyl (C=O) groups excluding carboxylic acids is 2. The summed E-state index contributed by atoms with van der Waals surface area (Å²) >= 11 is 0. The molecule has 5 nitrogen and oxygen atoms in total. The average Bonchev–Trinajstić information content (AvgIpc) is 2.39. The van der Waals surface area contributed by atoms with Crippen molar-refractivity contribution in [2.75, 3.05) is 45.8 Å². The summed E-state index contributed by atoms with van der Waals surface area (Å²) in [6.07, 6.45) is 3.26. The molecule has 0 N–H and O–H groups in total. The predicted molar refractivity (Wildman–Crippen MR) is 69.1 cm³/mol. The maximum atomic E-state index is 12.2. The van der Waals surface area contributed by atoms with E-state index < -0.39 is 0 Å². The van der Waals surface area contributed by atoms with E-state index in [0.29, 0.717) is 12.5 Å². The molecule has 0 aromatic carbocycles. The van der Waals surface area contributed by atoms with E-state index in [1.54, 1.807) is 4.90 Å². The summed E-state index contributed by atoms with van der Waals surface area (Å²) in [5.41, 5.74) is 0. The first-order valence-electron chi connectivity index (χ1n) is 6.88. The second kappa shape index (κ2) is 6.18. The van der Waals surface area contributed by atoms with Crippen molar-refractivity contribution in [2.45, 2.75) is 19.8 Å². The standard InChI is InChI=1S/C13H23N3O2/c1-12-3-2-4-16(9-12)13(18)10-14-5-7-15(11-17)8-6-14/h11-12H,2-10H2,1H3. The monoisotopic (exact) mass is 253 g/mol. The number of piperidine rings is 1. The highest BCUT2D eigenvalue weighted by Crippen LogP contribution is 2.15. The molecule has 0 spiro atoms. The molecule has 2 saturated heterocycles. The summed E-state index contributed by atoms with van der Waals surface area (Å²) in [4.78, 5) is 28.7. The Morgan fingerprint density at radius 1 is 1.22 bits per heavy atom. The van der Waals surface area contributed by atoms with E-state index in [0.717, 1.165) is 52.1 Å². The van der Waals surface area contributed by atoms with Crippen LogP contribution in [-0.4, -0.2) is 72.8 Å². The third-order valence-electron chi connectivity index (χ3n) is 3.92. The summed E-state index contributed by atoms with van der Waals surface area (Å²) in [6, 6.07) is 0. The summed E-state index contributed by atoms with van der Waals surface area (Å²) in [7, 11) is 0. The van der Waals surface area contributed by atoms with Crippen LogP contribution in [-0.2, 0) is 9.59 Å². The molecule has 0 aliphatic carbocycles. The van der Waals surface area contributed by atoms with Gasteiger partial charge in [-0.05, 0) is 18.8 Å². The Labute approximate surface area is 109 Å². The zero-order valence-electron chi connectivity index (χ0n) is 11.2. The molecule has 102 valence electrons. The van der Waals surface area contributed by atoms with Crippen molar-refractivity contribution in [3.63, 3.8) is 0 Å². The molecule has 0 radical (unpaired) electrons. The van der Waals surface area contributed by atoms with Gasteiger partial charge in [-0.3, -0.25) is 14.5 Å². The Morgan fingerprint density at radius 2 is 1.94 bits per heavy atom. The summed E-state index contributed by atoms with van der Waals surface area (Å²) in [5, 5.41) is 0. The fourth-order valence-corrected chi connectivity index (χ4v) is 2.73. The van der Waals surface area contributed by atoms with E-state index in [1.807, 2.05) is 4.90 Å². The fraction of sp³-hybridized carbons (Fsp3) is 0.846. The van der Waals surface area contributed by atoms with Crippen molar-refractivity contribution >= 4 is 12.3 Å². The Balaban J connectivity index is 1.75. The zero-order chi connectivity index (χ0) is 13.0. The third-order valence-corrected chi connectivity index (χ3v) is 3.92. The Morgan fingerprint density at radius 3 is 2.56 bits per heavy atom. The second-order valence-corrected chi connectivity index (χ2v) is 5.50. The van der Waals surface area contributed by atoms with E-state index in [1.165, 1.54) is 6.42 Å². The first-order chi connectivity index (χ1) is 8.69. The van der Waals surface area contributed by atoms with Crippen LogP contribution in [0.5, 0.6) is 0 Å². The van der Waals surface area contributed by atoms with E-state index in [4.69, 9.17) is 0 Å². The van der Waals surface area contributed by atoms with Crippen LogP contribution in [0.4, 0.5) is 0 Å². The van der Waals surface area contributed by atoms with Gasteiger partial charge in [0.25, 0.3) is 0 Å². The van der Waals surface area contributed by atoms with E-state index in [9.17, 15) is 9.59 Å². The summed E-state index contributed by atoms with van der Waals surface area (Å²) in [6.45, 7) is 7.66. The van der Waals surface area contributed by atoms with Crippen molar-refractivity contribution in [3.05, 3.63) is 0 Å². The lowest BCUT2D eigenvalue weighted by Gasteiger charge is -2.35. The maximum absolute atomic E-state index is 12.2. The lowest BCUT2D eigenvalue weighted by atomic mass is 10.0. The smallest absolute Gasteiger partial charge is 0.236 e. The highest BCUT2D eigenvalue weighted by Gasteiger charge is 2.24. The topological polar surface area (TPSA) is 43.9 Å². The van der Waals surface area contributed by atoms with Crippen molar-refractivity contribution in [1.29, 1.82) is 0 Å². The first-order valence-corrected chi connectivity index (χ1v) is 6.88. The van der Waals surface area contributed by atoms with Gasteiger partial charge in [0.2, 0.25) is 12.3 Å². The molecule has 2 amide bonds. The van der Waals surface area contributed by atoms with Crippen molar-refractivity contribution in [1.82, 2.24) is 14.7 Å². The molecule has 18 heavy (non-hydrogen) atoms. The number of piperazine rings is 1. The van der Waals surface area contributed by atoms with Crippen molar-refractivity contribution in [3.8, 4) is 0 Å². The van der Waals surface area contributed by atoms with Gasteiger partial charge in [0, 0.05) is 39.3 Å². The Bertz CT molecular complexity index is 301. The number of rotatable bonds is 3. The molecule has 2 heterocycles. The first kappa shape index (κ1) is 13.3. The number of likely N-dealkylation sites (tertiary alicyclic amines) is 1. The van der Waals surface area contributed by atoms with Gasteiger partial charge >= 0.3 is 0 Å². The van der Waals surface area contributed by atoms with Gasteiger partial charge in [0.15, 0.2) is 0 Å². The van der Waals surface area contributed by atoms with E-state index in [-0.39, 0.29) is 5.91 Å². The summed E-state index contributed by atoms with van der Waals surface area (Å²) in [5.74, 6) is 0.885. The highest BCUT2D eigenvalue weighted by atomic mass is 16.2. The van der Waals surface area contributed by atoms with Gasteiger partial charge in [-0.1, -0.05) is 6.92 Å². The van der Waals surface area contributed by atoms with Gasteiger partial charge in [0.05, 0.1) is 6.54 Å². The highest BCUT2D eigenvalue weighted by molar-refractivity contribution is 5.78. The van der Waals surface area contributed by atoms with Crippen LogP contribution in [0.3, 0.4) is 0 Å². The largest absolute Gasteiger partial charge is 0.343 e. The molecular weight excluding hydrogens is 230 g/mol. The molecule has 2 rings (SSSR count). The maximum Gasteiger partial charge on any atom is 0.236 e. The molecule has 2 aliphatic heterocycles. The van der Waals surface area contributed by atoms with Gasteiger partial charge in [0.1, 0.15) is 0 Å². The SMILES string of the molecule is CC1CCCN(C(=O)CN2CCN(C=O)CC2)C1. The fourth-order valence-electron chi connectivity index (χ4n) is 2.73. The molecule has 0 aromatic rings. The molecule has 5 heteroatoms. The summed E-state index contributed by atoms with van der Waals surface area (Å²) < 4.78 is 0. The normalized spacial score (nSPS) is 26.2. The number of carbonyl (C=O) groups is 2. The number of hydrogen-bond acceptors (Lipinski definition) is 3. The van der Waals surface area contributed by atoms with Crippen LogP contribution in [0.15, 0.2) is 0 Å². The molecule has 0 saturated carbocycles. The molecule has 1 unspecified atom stereocenters. The van der Waals surface area contributed by atoms with Gasteiger partial charge < -0.3 is 9.80 Å². The molecule has 1 atom stereocenters. The second-order valence-electron chi connectivity index (χ2n) is 5.50. The molecular formula is C13H23N3O2. The van der Waals surface area contributed by atoms with Gasteiger partial charge in [-0.25, -0.2) is 0 Å². The van der Waals surface area contributed by atoms with Gasteiger partial charge in [-0.15, -0.1) is 0 Å². The number of hydrogen-bond donors (Lipinski definition) is 0. The minimum absolute atomic E-state index is 0.251. The minimum Gasteiger partial charge on any atom is -0.343 e. The lowest BCUT2D eigenvalue weighted by molar-refractivity contribution is -0.134. The van der Waals surface area contributed by atoms with E-state index in [2.05, 4.69) is 11.8 Å². The number of nitrogens with zero attached hydrogens (tertiary/aromatic N) is 3. The molecule has 0 bridgehead atoms. The Hall–Kier alpha value is -1.10. The van der Waals surface area contributed by atoms with Crippen LogP contribution in [0.25, 0.3) is 0 Å². The van der Waals surface area contributed by atoms with Crippen LogP contribution < -0.4 is 0 Å². The van der Waals surface area contributed by atoms with Crippen LogP contribution >= 0.6 is 0 Å². The number of amides is 2.